The Kier molecular flexibility index (Phi) is 2.07. The lowest BCUT2D eigenvalue weighted by Crippen LogP contribution is -2.52. The van der Waals surface area contributed by atoms with E-state index in [4.69, 9.17) is 4.42 Å². The zero-order chi connectivity index (χ0) is 11.9. The van der Waals surface area contributed by atoms with Crippen molar-refractivity contribution in [1.29, 1.82) is 0 Å². The van der Waals surface area contributed by atoms with Gasteiger partial charge in [0.1, 0.15) is 11.1 Å². The average molecular weight is 232 g/mol. The van der Waals surface area contributed by atoms with Gasteiger partial charge in [0.25, 0.3) is 6.01 Å². The standard InChI is InChI=1S/C12H12N2O3/c15-10(16)12(6-3-7-12)14-11-13-8-4-1-2-5-9(8)17-11/h1-2,4-5H,3,6-7H2,(H,13,14)(H,15,16). The Hall–Kier alpha value is -2.04. The van der Waals surface area contributed by atoms with Crippen molar-refractivity contribution in [3.63, 3.8) is 0 Å². The number of nitrogens with one attached hydrogen (secondary N) is 1. The van der Waals surface area contributed by atoms with Gasteiger partial charge in [0.2, 0.25) is 0 Å². The first-order valence-corrected chi connectivity index (χ1v) is 5.57. The molecule has 2 N–H and O–H groups in total. The van der Waals surface area contributed by atoms with E-state index < -0.39 is 11.5 Å². The molecular formula is C12H12N2O3. The summed E-state index contributed by atoms with van der Waals surface area (Å²) in [4.78, 5) is 15.4. The van der Waals surface area contributed by atoms with E-state index in [2.05, 4.69) is 10.3 Å². The van der Waals surface area contributed by atoms with Crippen molar-refractivity contribution in [2.75, 3.05) is 5.32 Å². The van der Waals surface area contributed by atoms with Crippen LogP contribution in [0.15, 0.2) is 28.7 Å². The van der Waals surface area contributed by atoms with Gasteiger partial charge in [-0.15, -0.1) is 0 Å². The van der Waals surface area contributed by atoms with Crippen molar-refractivity contribution in [2.24, 2.45) is 0 Å². The van der Waals surface area contributed by atoms with Gasteiger partial charge in [-0.25, -0.2) is 4.79 Å². The fourth-order valence-electron chi connectivity index (χ4n) is 2.05. The highest BCUT2D eigenvalue weighted by Gasteiger charge is 2.45. The Morgan fingerprint density at radius 1 is 1.41 bits per heavy atom. The number of carboxylic acids is 1. The molecule has 1 aliphatic carbocycles. The Balaban J connectivity index is 1.92. The molecule has 17 heavy (non-hydrogen) atoms. The molecule has 0 unspecified atom stereocenters. The number of nitrogens with zero attached hydrogens (tertiary/aromatic N) is 1. The molecule has 0 saturated heterocycles. The molecule has 5 heteroatoms. The van der Waals surface area contributed by atoms with Crippen LogP contribution in [0.2, 0.25) is 0 Å². The van der Waals surface area contributed by atoms with Crippen LogP contribution in [-0.4, -0.2) is 21.6 Å². The summed E-state index contributed by atoms with van der Waals surface area (Å²) in [6, 6.07) is 7.65. The first kappa shape index (κ1) is 10.1. The maximum Gasteiger partial charge on any atom is 0.329 e. The first-order chi connectivity index (χ1) is 8.20. The van der Waals surface area contributed by atoms with Crippen molar-refractivity contribution in [3.05, 3.63) is 24.3 Å². The normalized spacial score (nSPS) is 17.6. The maximum atomic E-state index is 11.2. The zero-order valence-electron chi connectivity index (χ0n) is 9.14. The van der Waals surface area contributed by atoms with E-state index in [0.29, 0.717) is 18.4 Å². The third kappa shape index (κ3) is 1.54. The lowest BCUT2D eigenvalue weighted by Gasteiger charge is -2.37. The van der Waals surface area contributed by atoms with Crippen molar-refractivity contribution >= 4 is 23.1 Å². The summed E-state index contributed by atoms with van der Waals surface area (Å²) in [6.07, 6.45) is 2.14. The lowest BCUT2D eigenvalue weighted by molar-refractivity contribution is -0.145. The van der Waals surface area contributed by atoms with E-state index in [9.17, 15) is 9.90 Å². The summed E-state index contributed by atoms with van der Waals surface area (Å²) in [5.74, 6) is -0.842. The van der Waals surface area contributed by atoms with Gasteiger partial charge in [-0.1, -0.05) is 12.1 Å². The van der Waals surface area contributed by atoms with Crippen LogP contribution in [0.5, 0.6) is 0 Å². The molecule has 0 bridgehead atoms. The summed E-state index contributed by atoms with van der Waals surface area (Å²) in [5.41, 5.74) is 0.505. The number of carboxylic acid groups (broad SMARTS) is 1. The van der Waals surface area contributed by atoms with E-state index in [0.717, 1.165) is 11.9 Å². The molecule has 0 amide bonds. The minimum Gasteiger partial charge on any atom is -0.480 e. The zero-order valence-corrected chi connectivity index (χ0v) is 9.14. The molecule has 0 radical (unpaired) electrons. The Bertz CT molecular complexity index is 539. The third-order valence-electron chi connectivity index (χ3n) is 3.26. The van der Waals surface area contributed by atoms with Crippen molar-refractivity contribution in [3.8, 4) is 0 Å². The largest absolute Gasteiger partial charge is 0.480 e. The first-order valence-electron chi connectivity index (χ1n) is 5.57. The monoisotopic (exact) mass is 232 g/mol. The predicted octanol–water partition coefficient (Wildman–Crippen LogP) is 2.25. The number of benzene rings is 1. The van der Waals surface area contributed by atoms with Crippen LogP contribution in [0.3, 0.4) is 0 Å². The highest BCUT2D eigenvalue weighted by molar-refractivity contribution is 5.84. The molecule has 2 aromatic rings. The number of fused-ring (bicyclic) bond motifs is 1. The molecule has 0 spiro atoms. The van der Waals surface area contributed by atoms with E-state index in [-0.39, 0.29) is 6.01 Å². The number of anilines is 1. The Morgan fingerprint density at radius 3 is 2.76 bits per heavy atom. The molecule has 1 aromatic carbocycles. The van der Waals surface area contributed by atoms with E-state index in [1.807, 2.05) is 24.3 Å². The van der Waals surface area contributed by atoms with Gasteiger partial charge in [-0.05, 0) is 31.4 Å². The topological polar surface area (TPSA) is 75.4 Å². The number of rotatable bonds is 3. The van der Waals surface area contributed by atoms with Crippen LogP contribution in [0, 0.1) is 0 Å². The average Bonchev–Trinajstić information content (AvgIpc) is 2.65. The third-order valence-corrected chi connectivity index (χ3v) is 3.26. The number of para-hydroxylation sites is 2. The summed E-state index contributed by atoms with van der Waals surface area (Å²) in [5, 5.41) is 12.1. The van der Waals surface area contributed by atoms with Gasteiger partial charge in [-0.2, -0.15) is 4.98 Å². The van der Waals surface area contributed by atoms with Crippen molar-refractivity contribution < 1.29 is 14.3 Å². The second kappa shape index (κ2) is 3.48. The molecule has 1 fully saturated rings. The van der Waals surface area contributed by atoms with E-state index in [1.54, 1.807) is 0 Å². The number of hydrogen-bond donors (Lipinski definition) is 2. The molecular weight excluding hydrogens is 220 g/mol. The number of hydrogen-bond acceptors (Lipinski definition) is 4. The summed E-state index contributed by atoms with van der Waals surface area (Å²) in [6.45, 7) is 0. The highest BCUT2D eigenvalue weighted by atomic mass is 16.4. The maximum absolute atomic E-state index is 11.2. The van der Waals surface area contributed by atoms with Crippen molar-refractivity contribution in [2.45, 2.75) is 24.8 Å². The summed E-state index contributed by atoms with van der Waals surface area (Å²) >= 11 is 0. The van der Waals surface area contributed by atoms with Gasteiger partial charge in [0, 0.05) is 0 Å². The highest BCUT2D eigenvalue weighted by Crippen LogP contribution is 2.36. The van der Waals surface area contributed by atoms with Crippen LogP contribution < -0.4 is 5.32 Å². The molecule has 0 aliphatic heterocycles. The minimum absolute atomic E-state index is 0.285. The van der Waals surface area contributed by atoms with Gasteiger partial charge in [0.15, 0.2) is 5.58 Å². The quantitative estimate of drug-likeness (QED) is 0.848. The molecule has 88 valence electrons. The van der Waals surface area contributed by atoms with Crippen LogP contribution in [0.4, 0.5) is 6.01 Å². The second-order valence-corrected chi connectivity index (χ2v) is 4.35. The Morgan fingerprint density at radius 2 is 2.18 bits per heavy atom. The van der Waals surface area contributed by atoms with Crippen LogP contribution in [0.1, 0.15) is 19.3 Å². The van der Waals surface area contributed by atoms with Crippen LogP contribution in [-0.2, 0) is 4.79 Å². The predicted molar refractivity (Wildman–Crippen MR) is 61.8 cm³/mol. The van der Waals surface area contributed by atoms with Crippen LogP contribution >= 0.6 is 0 Å². The molecule has 1 aromatic heterocycles. The smallest absolute Gasteiger partial charge is 0.329 e. The Labute approximate surface area is 97.5 Å². The number of aromatic nitrogens is 1. The summed E-state index contributed by atoms with van der Waals surface area (Å²) in [7, 11) is 0. The molecule has 1 heterocycles. The fraction of sp³-hybridized carbons (Fsp3) is 0.333. The van der Waals surface area contributed by atoms with E-state index >= 15 is 0 Å². The molecule has 0 atom stereocenters. The lowest BCUT2D eigenvalue weighted by atomic mass is 9.77. The fourth-order valence-corrected chi connectivity index (χ4v) is 2.05. The molecule has 3 rings (SSSR count). The van der Waals surface area contributed by atoms with Crippen molar-refractivity contribution in [1.82, 2.24) is 4.98 Å². The molecule has 1 saturated carbocycles. The minimum atomic E-state index is -0.888. The second-order valence-electron chi connectivity index (χ2n) is 4.35. The summed E-state index contributed by atoms with van der Waals surface area (Å²) < 4.78 is 5.46. The number of carbonyl (C=O) groups is 1. The van der Waals surface area contributed by atoms with Gasteiger partial charge in [-0.3, -0.25) is 0 Å². The number of aliphatic carboxylic acids is 1. The van der Waals surface area contributed by atoms with Crippen LogP contribution in [0.25, 0.3) is 11.1 Å². The molecule has 1 aliphatic rings. The molecule has 5 nitrogen and oxygen atoms in total. The van der Waals surface area contributed by atoms with Gasteiger partial charge < -0.3 is 14.8 Å². The number of oxazole rings is 1. The van der Waals surface area contributed by atoms with Gasteiger partial charge in [0.05, 0.1) is 0 Å². The SMILES string of the molecule is O=C(O)C1(Nc2nc3ccccc3o2)CCC1. The van der Waals surface area contributed by atoms with E-state index in [1.165, 1.54) is 0 Å². The van der Waals surface area contributed by atoms with Gasteiger partial charge >= 0.3 is 5.97 Å².